The summed E-state index contributed by atoms with van der Waals surface area (Å²) in [6, 6.07) is 8.12. The molecule has 1 N–H and O–H groups in total. The van der Waals surface area contributed by atoms with Gasteiger partial charge in [-0.15, -0.1) is 0 Å². The van der Waals surface area contributed by atoms with Gasteiger partial charge in [-0.2, -0.15) is 0 Å². The molecule has 6 heteroatoms. The number of fused-ring (bicyclic) bond motifs is 1. The van der Waals surface area contributed by atoms with E-state index in [9.17, 15) is 13.6 Å². The Bertz CT molecular complexity index is 906. The second-order valence-electron chi connectivity index (χ2n) is 5.00. The Morgan fingerprint density at radius 3 is 2.82 bits per heavy atom. The van der Waals surface area contributed by atoms with Gasteiger partial charge in [0, 0.05) is 12.3 Å². The highest BCUT2D eigenvalue weighted by Crippen LogP contribution is 2.16. The quantitative estimate of drug-likeness (QED) is 0.809. The highest BCUT2D eigenvalue weighted by Gasteiger charge is 2.06. The molecule has 0 aliphatic rings. The predicted molar refractivity (Wildman–Crippen MR) is 79.9 cm³/mol. The maximum absolute atomic E-state index is 13.5. The van der Waals surface area contributed by atoms with E-state index < -0.39 is 11.6 Å². The standard InChI is InChI=1S/C16H13F2N3O/c1-10-2-5-15-20-12(7-16(22)21(15)9-10)8-19-14-6-11(17)3-4-13(14)18/h2-7,9,19H,8H2,1H3. The van der Waals surface area contributed by atoms with Crippen molar-refractivity contribution in [2.45, 2.75) is 13.5 Å². The number of hydrogen-bond acceptors (Lipinski definition) is 3. The Morgan fingerprint density at radius 2 is 2.00 bits per heavy atom. The Kier molecular flexibility index (Phi) is 3.58. The van der Waals surface area contributed by atoms with Crippen molar-refractivity contribution in [2.24, 2.45) is 0 Å². The van der Waals surface area contributed by atoms with Crippen LogP contribution >= 0.6 is 0 Å². The van der Waals surface area contributed by atoms with E-state index in [0.29, 0.717) is 11.3 Å². The van der Waals surface area contributed by atoms with Crippen LogP contribution in [-0.2, 0) is 6.54 Å². The van der Waals surface area contributed by atoms with E-state index in [-0.39, 0.29) is 17.8 Å². The summed E-state index contributed by atoms with van der Waals surface area (Å²) in [6.07, 6.45) is 1.70. The van der Waals surface area contributed by atoms with Gasteiger partial charge in [-0.3, -0.25) is 9.20 Å². The minimum absolute atomic E-state index is 0.0332. The Balaban J connectivity index is 1.90. The molecular formula is C16H13F2N3O. The number of pyridine rings is 1. The van der Waals surface area contributed by atoms with Gasteiger partial charge in [-0.05, 0) is 36.8 Å². The number of nitrogens with zero attached hydrogens (tertiary/aromatic N) is 2. The largest absolute Gasteiger partial charge is 0.377 e. The average Bonchev–Trinajstić information content (AvgIpc) is 2.49. The van der Waals surface area contributed by atoms with Gasteiger partial charge in [0.05, 0.1) is 17.9 Å². The number of hydrogen-bond donors (Lipinski definition) is 1. The fourth-order valence-electron chi connectivity index (χ4n) is 2.17. The molecule has 0 saturated heterocycles. The Morgan fingerprint density at radius 1 is 1.18 bits per heavy atom. The van der Waals surface area contributed by atoms with Gasteiger partial charge < -0.3 is 5.32 Å². The van der Waals surface area contributed by atoms with Crippen LogP contribution in [0.4, 0.5) is 14.5 Å². The van der Waals surface area contributed by atoms with E-state index in [2.05, 4.69) is 10.3 Å². The molecule has 1 aromatic carbocycles. The van der Waals surface area contributed by atoms with Crippen molar-refractivity contribution >= 4 is 11.3 Å². The van der Waals surface area contributed by atoms with Crippen molar-refractivity contribution in [1.82, 2.24) is 9.38 Å². The molecule has 2 heterocycles. The lowest BCUT2D eigenvalue weighted by Crippen LogP contribution is -2.17. The maximum Gasteiger partial charge on any atom is 0.258 e. The highest BCUT2D eigenvalue weighted by atomic mass is 19.1. The van der Waals surface area contributed by atoms with Crippen LogP contribution in [-0.4, -0.2) is 9.38 Å². The summed E-state index contributed by atoms with van der Waals surface area (Å²) < 4.78 is 28.1. The van der Waals surface area contributed by atoms with Crippen molar-refractivity contribution in [3.63, 3.8) is 0 Å². The lowest BCUT2D eigenvalue weighted by atomic mass is 10.2. The number of rotatable bonds is 3. The van der Waals surface area contributed by atoms with Gasteiger partial charge in [0.25, 0.3) is 5.56 Å². The third-order valence-corrected chi connectivity index (χ3v) is 3.25. The van der Waals surface area contributed by atoms with Crippen LogP contribution in [0.2, 0.25) is 0 Å². The molecule has 0 spiro atoms. The molecule has 3 aromatic rings. The van der Waals surface area contributed by atoms with Crippen molar-refractivity contribution in [3.8, 4) is 0 Å². The van der Waals surface area contributed by atoms with Crippen LogP contribution in [0.5, 0.6) is 0 Å². The van der Waals surface area contributed by atoms with Crippen LogP contribution in [0, 0.1) is 18.6 Å². The minimum Gasteiger partial charge on any atom is -0.377 e. The van der Waals surface area contributed by atoms with Crippen LogP contribution < -0.4 is 10.9 Å². The summed E-state index contributed by atoms with van der Waals surface area (Å²) in [5.74, 6) is -1.10. The van der Waals surface area contributed by atoms with Gasteiger partial charge in [0.1, 0.15) is 17.3 Å². The lowest BCUT2D eigenvalue weighted by molar-refractivity contribution is 0.602. The van der Waals surface area contributed by atoms with Gasteiger partial charge in [-0.1, -0.05) is 6.07 Å². The monoisotopic (exact) mass is 301 g/mol. The normalized spacial score (nSPS) is 10.9. The number of aromatic nitrogens is 2. The predicted octanol–water partition coefficient (Wildman–Crippen LogP) is 2.89. The summed E-state index contributed by atoms with van der Waals surface area (Å²) in [6.45, 7) is 2.01. The van der Waals surface area contributed by atoms with Crippen molar-refractivity contribution < 1.29 is 8.78 Å². The SMILES string of the molecule is Cc1ccc2nc(CNc3cc(F)ccc3F)cc(=O)n2c1. The summed E-state index contributed by atoms with van der Waals surface area (Å²) in [5.41, 5.74) is 1.73. The Hall–Kier alpha value is -2.76. The molecule has 112 valence electrons. The van der Waals surface area contributed by atoms with E-state index >= 15 is 0 Å². The average molecular weight is 301 g/mol. The van der Waals surface area contributed by atoms with Gasteiger partial charge in [0.2, 0.25) is 0 Å². The molecule has 0 aliphatic heterocycles. The highest BCUT2D eigenvalue weighted by molar-refractivity contribution is 5.46. The molecule has 2 aromatic heterocycles. The molecule has 0 aliphatic carbocycles. The van der Waals surface area contributed by atoms with Gasteiger partial charge >= 0.3 is 0 Å². The Labute approximate surface area is 125 Å². The number of anilines is 1. The smallest absolute Gasteiger partial charge is 0.258 e. The van der Waals surface area contributed by atoms with E-state index in [1.807, 2.05) is 13.0 Å². The molecule has 0 amide bonds. The fourth-order valence-corrected chi connectivity index (χ4v) is 2.17. The van der Waals surface area contributed by atoms with Gasteiger partial charge in [0.15, 0.2) is 0 Å². The summed E-state index contributed by atoms with van der Waals surface area (Å²) in [7, 11) is 0. The maximum atomic E-state index is 13.5. The lowest BCUT2D eigenvalue weighted by Gasteiger charge is -2.08. The van der Waals surface area contributed by atoms with E-state index in [1.54, 1.807) is 12.3 Å². The fraction of sp³-hybridized carbons (Fsp3) is 0.125. The molecule has 22 heavy (non-hydrogen) atoms. The number of aryl methyl sites for hydroxylation is 1. The first-order chi connectivity index (χ1) is 10.5. The number of nitrogens with one attached hydrogen (secondary N) is 1. The topological polar surface area (TPSA) is 46.4 Å². The zero-order valence-corrected chi connectivity index (χ0v) is 11.8. The zero-order valence-electron chi connectivity index (χ0n) is 11.8. The summed E-state index contributed by atoms with van der Waals surface area (Å²) in [5, 5.41) is 2.75. The molecule has 0 saturated carbocycles. The molecule has 4 nitrogen and oxygen atoms in total. The van der Waals surface area contributed by atoms with Crippen LogP contribution in [0.1, 0.15) is 11.3 Å². The first kappa shape index (κ1) is 14.2. The minimum atomic E-state index is -0.561. The summed E-state index contributed by atoms with van der Waals surface area (Å²) >= 11 is 0. The van der Waals surface area contributed by atoms with Crippen LogP contribution in [0.3, 0.4) is 0 Å². The molecular weight excluding hydrogens is 288 g/mol. The third-order valence-electron chi connectivity index (χ3n) is 3.25. The molecule has 0 unspecified atom stereocenters. The van der Waals surface area contributed by atoms with E-state index in [0.717, 1.165) is 23.8 Å². The number of benzene rings is 1. The van der Waals surface area contributed by atoms with Crippen LogP contribution in [0.15, 0.2) is 47.4 Å². The molecule has 0 radical (unpaired) electrons. The van der Waals surface area contributed by atoms with Crippen LogP contribution in [0.25, 0.3) is 5.65 Å². The van der Waals surface area contributed by atoms with Crippen molar-refractivity contribution in [1.29, 1.82) is 0 Å². The third kappa shape index (κ3) is 2.81. The molecule has 0 atom stereocenters. The second-order valence-corrected chi connectivity index (χ2v) is 5.00. The first-order valence-corrected chi connectivity index (χ1v) is 6.71. The number of halogens is 2. The first-order valence-electron chi connectivity index (χ1n) is 6.71. The molecule has 0 fully saturated rings. The van der Waals surface area contributed by atoms with Crippen molar-refractivity contribution in [2.75, 3.05) is 5.32 Å². The van der Waals surface area contributed by atoms with E-state index in [4.69, 9.17) is 0 Å². The van der Waals surface area contributed by atoms with Crippen molar-refractivity contribution in [3.05, 3.63) is 75.8 Å². The summed E-state index contributed by atoms with van der Waals surface area (Å²) in [4.78, 5) is 16.4. The second kappa shape index (κ2) is 5.55. The zero-order chi connectivity index (χ0) is 15.7. The van der Waals surface area contributed by atoms with Gasteiger partial charge in [-0.25, -0.2) is 13.8 Å². The molecule has 3 rings (SSSR count). The molecule has 0 bridgehead atoms. The van der Waals surface area contributed by atoms with E-state index in [1.165, 1.54) is 10.5 Å².